The lowest BCUT2D eigenvalue weighted by Crippen LogP contribution is -2.43. The molecule has 1 aliphatic carbocycles. The third kappa shape index (κ3) is 5.05. The van der Waals surface area contributed by atoms with Crippen LogP contribution in [0.3, 0.4) is 0 Å². The number of carboxylic acids is 1. The first-order valence-corrected chi connectivity index (χ1v) is 7.51. The Balaban J connectivity index is 1.73. The summed E-state index contributed by atoms with van der Waals surface area (Å²) < 4.78 is 13.0. The molecule has 0 aromatic heterocycles. The van der Waals surface area contributed by atoms with E-state index in [4.69, 9.17) is 5.11 Å². The zero-order valence-electron chi connectivity index (χ0n) is 12.5. The number of carboxylic acid groups (broad SMARTS) is 1. The number of carbonyl (C=O) groups excluding carboxylic acids is 2. The zero-order chi connectivity index (χ0) is 16.8. The largest absolute Gasteiger partial charge is 0.481 e. The zero-order valence-corrected chi connectivity index (χ0v) is 12.5. The van der Waals surface area contributed by atoms with Gasteiger partial charge in [-0.1, -0.05) is 6.07 Å². The van der Waals surface area contributed by atoms with Gasteiger partial charge in [0.2, 0.25) is 5.91 Å². The molecule has 0 saturated heterocycles. The normalized spacial score (nSPS) is 20.6. The van der Waals surface area contributed by atoms with Gasteiger partial charge in [-0.25, -0.2) is 4.39 Å². The van der Waals surface area contributed by atoms with Crippen LogP contribution in [0.1, 0.15) is 36.0 Å². The van der Waals surface area contributed by atoms with E-state index in [1.165, 1.54) is 18.2 Å². The van der Waals surface area contributed by atoms with E-state index in [0.29, 0.717) is 25.7 Å². The lowest BCUT2D eigenvalue weighted by atomic mass is 9.86. The van der Waals surface area contributed by atoms with E-state index in [0.717, 1.165) is 6.07 Å². The average molecular weight is 322 g/mol. The van der Waals surface area contributed by atoms with E-state index in [9.17, 15) is 18.8 Å². The van der Waals surface area contributed by atoms with Crippen molar-refractivity contribution >= 4 is 17.8 Å². The molecule has 0 unspecified atom stereocenters. The Kier molecular flexibility index (Phi) is 5.67. The molecule has 0 spiro atoms. The van der Waals surface area contributed by atoms with Gasteiger partial charge in [-0.3, -0.25) is 14.4 Å². The Morgan fingerprint density at radius 1 is 1.17 bits per heavy atom. The molecule has 0 atom stereocenters. The van der Waals surface area contributed by atoms with E-state index in [1.807, 2.05) is 0 Å². The summed E-state index contributed by atoms with van der Waals surface area (Å²) >= 11 is 0. The fourth-order valence-corrected chi connectivity index (χ4v) is 2.66. The lowest BCUT2D eigenvalue weighted by Gasteiger charge is -2.26. The highest BCUT2D eigenvalue weighted by Gasteiger charge is 2.26. The highest BCUT2D eigenvalue weighted by atomic mass is 19.1. The van der Waals surface area contributed by atoms with Gasteiger partial charge in [0.15, 0.2) is 0 Å². The Labute approximate surface area is 133 Å². The van der Waals surface area contributed by atoms with Crippen LogP contribution >= 0.6 is 0 Å². The van der Waals surface area contributed by atoms with E-state index in [2.05, 4.69) is 10.6 Å². The topological polar surface area (TPSA) is 95.5 Å². The Morgan fingerprint density at radius 3 is 2.48 bits per heavy atom. The summed E-state index contributed by atoms with van der Waals surface area (Å²) in [7, 11) is 0. The number of carbonyl (C=O) groups is 3. The number of rotatable bonds is 5. The molecule has 1 aromatic rings. The van der Waals surface area contributed by atoms with Crippen molar-refractivity contribution < 1.29 is 23.9 Å². The Bertz CT molecular complexity index is 597. The average Bonchev–Trinajstić information content (AvgIpc) is 2.53. The van der Waals surface area contributed by atoms with Gasteiger partial charge in [0.25, 0.3) is 5.91 Å². The van der Waals surface area contributed by atoms with Crippen LogP contribution in [0.5, 0.6) is 0 Å². The summed E-state index contributed by atoms with van der Waals surface area (Å²) in [6.07, 6.45) is 2.30. The van der Waals surface area contributed by atoms with Gasteiger partial charge in [-0.15, -0.1) is 0 Å². The second-order valence-electron chi connectivity index (χ2n) is 5.65. The van der Waals surface area contributed by atoms with Gasteiger partial charge in [-0.05, 0) is 43.9 Å². The molecule has 1 aliphatic rings. The molecule has 0 radical (unpaired) electrons. The molecule has 6 nitrogen and oxygen atoms in total. The van der Waals surface area contributed by atoms with Gasteiger partial charge in [-0.2, -0.15) is 0 Å². The molecule has 0 heterocycles. The minimum atomic E-state index is -0.794. The second-order valence-corrected chi connectivity index (χ2v) is 5.65. The summed E-state index contributed by atoms with van der Waals surface area (Å²) in [5.41, 5.74) is 0.153. The molecular formula is C16H19FN2O4. The quantitative estimate of drug-likeness (QED) is 0.762. The first-order valence-electron chi connectivity index (χ1n) is 7.51. The summed E-state index contributed by atoms with van der Waals surface area (Å²) in [5, 5.41) is 14.1. The van der Waals surface area contributed by atoms with Crippen LogP contribution in [-0.4, -0.2) is 35.5 Å². The Hall–Kier alpha value is -2.44. The summed E-state index contributed by atoms with van der Waals surface area (Å²) in [6, 6.07) is 5.15. The fraction of sp³-hybridized carbons (Fsp3) is 0.438. The van der Waals surface area contributed by atoms with Crippen molar-refractivity contribution in [2.45, 2.75) is 31.7 Å². The SMILES string of the molecule is O=C(CNC(=O)c1cccc(F)c1)NC1CCC(C(=O)O)CC1. The van der Waals surface area contributed by atoms with E-state index >= 15 is 0 Å². The number of hydrogen-bond acceptors (Lipinski definition) is 3. The third-order valence-electron chi connectivity index (χ3n) is 3.94. The van der Waals surface area contributed by atoms with Crippen LogP contribution in [0.25, 0.3) is 0 Å². The maximum Gasteiger partial charge on any atom is 0.306 e. The van der Waals surface area contributed by atoms with Gasteiger partial charge in [0.1, 0.15) is 5.82 Å². The minimum absolute atomic E-state index is 0.0656. The van der Waals surface area contributed by atoms with E-state index in [1.54, 1.807) is 0 Å². The Morgan fingerprint density at radius 2 is 1.87 bits per heavy atom. The molecular weight excluding hydrogens is 303 g/mol. The first-order chi connectivity index (χ1) is 11.0. The van der Waals surface area contributed by atoms with Crippen LogP contribution in [0.4, 0.5) is 4.39 Å². The number of halogens is 1. The van der Waals surface area contributed by atoms with Crippen molar-refractivity contribution in [3.8, 4) is 0 Å². The van der Waals surface area contributed by atoms with Crippen LogP contribution in [-0.2, 0) is 9.59 Å². The number of benzene rings is 1. The van der Waals surface area contributed by atoms with Crippen molar-refractivity contribution in [3.63, 3.8) is 0 Å². The smallest absolute Gasteiger partial charge is 0.306 e. The molecule has 1 aromatic carbocycles. The fourth-order valence-electron chi connectivity index (χ4n) is 2.66. The predicted molar refractivity (Wildman–Crippen MR) is 80.3 cm³/mol. The summed E-state index contributed by atoms with van der Waals surface area (Å²) in [4.78, 5) is 34.5. The molecule has 0 aliphatic heterocycles. The molecule has 0 bridgehead atoms. The highest BCUT2D eigenvalue weighted by Crippen LogP contribution is 2.24. The number of aliphatic carboxylic acids is 1. The van der Waals surface area contributed by atoms with Gasteiger partial charge in [0.05, 0.1) is 12.5 Å². The maximum absolute atomic E-state index is 13.0. The summed E-state index contributed by atoms with van der Waals surface area (Å²) in [5.74, 6) is -2.51. The van der Waals surface area contributed by atoms with Crippen LogP contribution in [0, 0.1) is 11.7 Å². The maximum atomic E-state index is 13.0. The van der Waals surface area contributed by atoms with Gasteiger partial charge in [0, 0.05) is 11.6 Å². The lowest BCUT2D eigenvalue weighted by molar-refractivity contribution is -0.142. The monoisotopic (exact) mass is 322 g/mol. The first kappa shape index (κ1) is 16.9. The molecule has 23 heavy (non-hydrogen) atoms. The van der Waals surface area contributed by atoms with Crippen LogP contribution in [0.2, 0.25) is 0 Å². The second kappa shape index (κ2) is 7.71. The highest BCUT2D eigenvalue weighted by molar-refractivity contribution is 5.96. The number of nitrogens with one attached hydrogen (secondary N) is 2. The van der Waals surface area contributed by atoms with Crippen molar-refractivity contribution in [2.75, 3.05) is 6.54 Å². The van der Waals surface area contributed by atoms with Crippen molar-refractivity contribution in [2.24, 2.45) is 5.92 Å². The number of amides is 2. The molecule has 1 fully saturated rings. The van der Waals surface area contributed by atoms with E-state index < -0.39 is 17.7 Å². The van der Waals surface area contributed by atoms with Crippen molar-refractivity contribution in [1.29, 1.82) is 0 Å². The predicted octanol–water partition coefficient (Wildman–Crippen LogP) is 1.32. The molecule has 1 saturated carbocycles. The van der Waals surface area contributed by atoms with Crippen LogP contribution in [0.15, 0.2) is 24.3 Å². The van der Waals surface area contributed by atoms with Crippen molar-refractivity contribution in [3.05, 3.63) is 35.6 Å². The van der Waals surface area contributed by atoms with Crippen molar-refractivity contribution in [1.82, 2.24) is 10.6 Å². The molecule has 124 valence electrons. The molecule has 2 amide bonds. The van der Waals surface area contributed by atoms with Crippen LogP contribution < -0.4 is 10.6 Å². The molecule has 2 rings (SSSR count). The minimum Gasteiger partial charge on any atom is -0.481 e. The standard InChI is InChI=1S/C16H19FN2O4/c17-12-3-1-2-11(8-12)15(21)18-9-14(20)19-13-6-4-10(5-7-13)16(22)23/h1-3,8,10,13H,4-7,9H2,(H,18,21)(H,19,20)(H,22,23). The summed E-state index contributed by atoms with van der Waals surface area (Å²) in [6.45, 7) is -0.200. The van der Waals surface area contributed by atoms with Gasteiger partial charge >= 0.3 is 5.97 Å². The molecule has 7 heteroatoms. The third-order valence-corrected chi connectivity index (χ3v) is 3.94. The van der Waals surface area contributed by atoms with Gasteiger partial charge < -0.3 is 15.7 Å². The molecule has 3 N–H and O–H groups in total. The number of hydrogen-bond donors (Lipinski definition) is 3. The van der Waals surface area contributed by atoms with E-state index in [-0.39, 0.29) is 30.0 Å².